The Labute approximate surface area is 100 Å². The van der Waals surface area contributed by atoms with Gasteiger partial charge < -0.3 is 14.8 Å². The molecule has 0 radical (unpaired) electrons. The van der Waals surface area contributed by atoms with E-state index in [1.807, 2.05) is 24.4 Å². The van der Waals surface area contributed by atoms with Crippen molar-refractivity contribution in [2.45, 2.75) is 26.1 Å². The monoisotopic (exact) mass is 232 g/mol. The summed E-state index contributed by atoms with van der Waals surface area (Å²) in [6.45, 7) is 2.65. The van der Waals surface area contributed by atoms with Gasteiger partial charge in [-0.05, 0) is 30.7 Å². The van der Waals surface area contributed by atoms with Crippen molar-refractivity contribution in [3.63, 3.8) is 0 Å². The lowest BCUT2D eigenvalue weighted by Gasteiger charge is -2.12. The molecule has 0 saturated heterocycles. The maximum absolute atomic E-state index is 8.88. The van der Waals surface area contributed by atoms with Gasteiger partial charge in [-0.25, -0.2) is 0 Å². The molecule has 2 heterocycles. The minimum atomic E-state index is -0.0574. The molecule has 0 fully saturated rings. The molecule has 90 valence electrons. The van der Waals surface area contributed by atoms with Crippen LogP contribution in [0.5, 0.6) is 0 Å². The van der Waals surface area contributed by atoms with Gasteiger partial charge >= 0.3 is 0 Å². The second-order valence-electron chi connectivity index (χ2n) is 3.92. The van der Waals surface area contributed by atoms with Crippen molar-refractivity contribution in [3.05, 3.63) is 53.7 Å². The molecule has 0 amide bonds. The zero-order valence-electron chi connectivity index (χ0n) is 9.76. The Hall–Kier alpha value is -1.65. The summed E-state index contributed by atoms with van der Waals surface area (Å²) in [5.41, 5.74) is 1.14. The first-order chi connectivity index (χ1) is 8.29. The minimum absolute atomic E-state index is 0.0574. The molecule has 2 rings (SSSR count). The number of aromatic nitrogens is 1. The van der Waals surface area contributed by atoms with E-state index in [1.165, 1.54) is 0 Å². The van der Waals surface area contributed by atoms with E-state index < -0.39 is 0 Å². The van der Waals surface area contributed by atoms with E-state index in [4.69, 9.17) is 9.52 Å². The van der Waals surface area contributed by atoms with Crippen molar-refractivity contribution in [1.82, 2.24) is 10.3 Å². The summed E-state index contributed by atoms with van der Waals surface area (Å²) < 4.78 is 5.39. The van der Waals surface area contributed by atoms with Crippen LogP contribution in [-0.4, -0.2) is 10.1 Å². The molecule has 0 aromatic carbocycles. The Kier molecular flexibility index (Phi) is 3.90. The van der Waals surface area contributed by atoms with Crippen LogP contribution in [0.2, 0.25) is 0 Å². The third kappa shape index (κ3) is 3.15. The van der Waals surface area contributed by atoms with Crippen molar-refractivity contribution >= 4 is 0 Å². The topological polar surface area (TPSA) is 58.3 Å². The van der Waals surface area contributed by atoms with Crippen LogP contribution in [0.3, 0.4) is 0 Å². The van der Waals surface area contributed by atoms with Gasteiger partial charge in [-0.15, -0.1) is 0 Å². The van der Waals surface area contributed by atoms with Gasteiger partial charge in [0, 0.05) is 18.4 Å². The number of furan rings is 1. The lowest BCUT2D eigenvalue weighted by Crippen LogP contribution is -2.17. The SMILES string of the molecule is CC(NCc1ccc(CO)o1)c1cccnc1. The molecule has 0 saturated carbocycles. The second-order valence-corrected chi connectivity index (χ2v) is 3.92. The third-order valence-electron chi connectivity index (χ3n) is 2.64. The van der Waals surface area contributed by atoms with Crippen LogP contribution in [-0.2, 0) is 13.2 Å². The zero-order valence-corrected chi connectivity index (χ0v) is 9.76. The van der Waals surface area contributed by atoms with E-state index in [0.29, 0.717) is 12.3 Å². The Bertz CT molecular complexity index is 453. The van der Waals surface area contributed by atoms with Gasteiger partial charge in [-0.1, -0.05) is 6.07 Å². The standard InChI is InChI=1S/C13H16N2O2/c1-10(11-3-2-6-14-7-11)15-8-12-4-5-13(9-16)17-12/h2-7,10,15-16H,8-9H2,1H3. The van der Waals surface area contributed by atoms with Gasteiger partial charge in [-0.2, -0.15) is 0 Å². The Balaban J connectivity index is 1.90. The summed E-state index contributed by atoms with van der Waals surface area (Å²) in [7, 11) is 0. The van der Waals surface area contributed by atoms with Crippen LogP contribution in [0.1, 0.15) is 30.0 Å². The summed E-state index contributed by atoms with van der Waals surface area (Å²) in [5, 5.41) is 12.2. The fourth-order valence-corrected chi connectivity index (χ4v) is 1.61. The van der Waals surface area contributed by atoms with Crippen LogP contribution >= 0.6 is 0 Å². The predicted molar refractivity (Wildman–Crippen MR) is 64.1 cm³/mol. The highest BCUT2D eigenvalue weighted by Gasteiger charge is 2.06. The maximum Gasteiger partial charge on any atom is 0.129 e. The first-order valence-electron chi connectivity index (χ1n) is 5.61. The summed E-state index contributed by atoms with van der Waals surface area (Å²) in [5.74, 6) is 1.42. The van der Waals surface area contributed by atoms with Gasteiger partial charge in [-0.3, -0.25) is 4.98 Å². The van der Waals surface area contributed by atoms with Crippen LogP contribution in [0.4, 0.5) is 0 Å². The highest BCUT2D eigenvalue weighted by Crippen LogP contribution is 2.12. The van der Waals surface area contributed by atoms with Gasteiger partial charge in [0.15, 0.2) is 0 Å². The van der Waals surface area contributed by atoms with Crippen LogP contribution in [0.15, 0.2) is 41.1 Å². The quantitative estimate of drug-likeness (QED) is 0.828. The average Bonchev–Trinajstić information content (AvgIpc) is 2.85. The molecular formula is C13H16N2O2. The highest BCUT2D eigenvalue weighted by atomic mass is 16.4. The molecule has 0 aliphatic carbocycles. The average molecular weight is 232 g/mol. The fraction of sp³-hybridized carbons (Fsp3) is 0.308. The molecule has 0 spiro atoms. The van der Waals surface area contributed by atoms with Crippen molar-refractivity contribution in [2.75, 3.05) is 0 Å². The molecule has 17 heavy (non-hydrogen) atoms. The Morgan fingerprint density at radius 3 is 2.82 bits per heavy atom. The molecule has 4 heteroatoms. The molecule has 1 atom stereocenters. The number of aliphatic hydroxyl groups is 1. The number of pyridine rings is 1. The van der Waals surface area contributed by atoms with E-state index in [9.17, 15) is 0 Å². The zero-order chi connectivity index (χ0) is 12.1. The number of hydrogen-bond donors (Lipinski definition) is 2. The van der Waals surface area contributed by atoms with Crippen molar-refractivity contribution < 1.29 is 9.52 Å². The molecule has 4 nitrogen and oxygen atoms in total. The van der Waals surface area contributed by atoms with Gasteiger partial charge in [0.1, 0.15) is 18.1 Å². The first kappa shape index (κ1) is 11.8. The number of nitrogens with zero attached hydrogens (tertiary/aromatic N) is 1. The molecule has 0 aliphatic heterocycles. The van der Waals surface area contributed by atoms with Crippen LogP contribution in [0, 0.1) is 0 Å². The smallest absolute Gasteiger partial charge is 0.129 e. The van der Waals surface area contributed by atoms with E-state index in [1.54, 1.807) is 12.3 Å². The predicted octanol–water partition coefficient (Wildman–Crippen LogP) is 2.02. The van der Waals surface area contributed by atoms with Crippen molar-refractivity contribution in [2.24, 2.45) is 0 Å². The normalized spacial score (nSPS) is 12.6. The number of rotatable bonds is 5. The number of nitrogens with one attached hydrogen (secondary N) is 1. The van der Waals surface area contributed by atoms with Crippen LogP contribution in [0.25, 0.3) is 0 Å². The molecular weight excluding hydrogens is 216 g/mol. The van der Waals surface area contributed by atoms with E-state index in [-0.39, 0.29) is 12.6 Å². The lowest BCUT2D eigenvalue weighted by molar-refractivity contribution is 0.242. The van der Waals surface area contributed by atoms with Gasteiger partial charge in [0.2, 0.25) is 0 Å². The molecule has 0 aliphatic rings. The largest absolute Gasteiger partial charge is 0.462 e. The van der Waals surface area contributed by atoms with Crippen molar-refractivity contribution in [1.29, 1.82) is 0 Å². The van der Waals surface area contributed by atoms with E-state index in [0.717, 1.165) is 11.3 Å². The molecule has 2 N–H and O–H groups in total. The molecule has 1 unspecified atom stereocenters. The Morgan fingerprint density at radius 2 is 2.18 bits per heavy atom. The minimum Gasteiger partial charge on any atom is -0.462 e. The summed E-state index contributed by atoms with van der Waals surface area (Å²) in [4.78, 5) is 4.08. The van der Waals surface area contributed by atoms with Gasteiger partial charge in [0.05, 0.1) is 6.54 Å². The first-order valence-corrected chi connectivity index (χ1v) is 5.61. The van der Waals surface area contributed by atoms with E-state index in [2.05, 4.69) is 17.2 Å². The summed E-state index contributed by atoms with van der Waals surface area (Å²) in [6, 6.07) is 7.82. The second kappa shape index (κ2) is 5.61. The summed E-state index contributed by atoms with van der Waals surface area (Å²) in [6.07, 6.45) is 3.61. The highest BCUT2D eigenvalue weighted by molar-refractivity contribution is 5.13. The fourth-order valence-electron chi connectivity index (χ4n) is 1.61. The van der Waals surface area contributed by atoms with Gasteiger partial charge in [0.25, 0.3) is 0 Å². The van der Waals surface area contributed by atoms with E-state index >= 15 is 0 Å². The Morgan fingerprint density at radius 1 is 1.35 bits per heavy atom. The number of aliphatic hydroxyl groups excluding tert-OH is 1. The van der Waals surface area contributed by atoms with Crippen LogP contribution < -0.4 is 5.32 Å². The molecule has 2 aromatic heterocycles. The lowest BCUT2D eigenvalue weighted by atomic mass is 10.1. The molecule has 2 aromatic rings. The maximum atomic E-state index is 8.88. The summed E-state index contributed by atoms with van der Waals surface area (Å²) >= 11 is 0. The third-order valence-corrected chi connectivity index (χ3v) is 2.64. The van der Waals surface area contributed by atoms with Crippen molar-refractivity contribution in [3.8, 4) is 0 Å². The number of hydrogen-bond acceptors (Lipinski definition) is 4. The molecule has 0 bridgehead atoms.